The smallest absolute Gasteiger partial charge is 0.179 e. The highest BCUT2D eigenvalue weighted by atomic mass is 35.5. The van der Waals surface area contributed by atoms with Gasteiger partial charge >= 0.3 is 0 Å². The second-order valence-electron chi connectivity index (χ2n) is 6.86. The fraction of sp³-hybridized carbons (Fsp3) is 0.400. The molecule has 1 atom stereocenters. The molecule has 0 spiro atoms. The van der Waals surface area contributed by atoms with Crippen LogP contribution in [0.5, 0.6) is 11.5 Å². The summed E-state index contributed by atoms with van der Waals surface area (Å²) < 4.78 is 11.2. The number of ether oxygens (including phenoxy) is 2. The Labute approximate surface area is 193 Å². The van der Waals surface area contributed by atoms with Crippen LogP contribution < -0.4 is 14.4 Å². The summed E-state index contributed by atoms with van der Waals surface area (Å²) in [5, 5.41) is 11.5. The lowest BCUT2D eigenvalue weighted by molar-refractivity contribution is 0.0667. The average molecular weight is 474 g/mol. The van der Waals surface area contributed by atoms with Gasteiger partial charge in [-0.05, 0) is 18.2 Å². The first-order valence-electron chi connectivity index (χ1n) is 9.43. The van der Waals surface area contributed by atoms with Crippen molar-refractivity contribution in [1.82, 2.24) is 19.9 Å². The summed E-state index contributed by atoms with van der Waals surface area (Å²) in [7, 11) is 1.63. The van der Waals surface area contributed by atoms with E-state index in [0.29, 0.717) is 12.3 Å². The molecule has 0 unspecified atom stereocenters. The minimum Gasteiger partial charge on any atom is -0.491 e. The predicted octanol–water partition coefficient (Wildman–Crippen LogP) is 1.55. The number of halogens is 2. The van der Waals surface area contributed by atoms with Crippen molar-refractivity contribution < 1.29 is 20.1 Å². The number of hydrogen-bond donors (Lipinski definition) is 2. The molecule has 1 saturated heterocycles. The lowest BCUT2D eigenvalue weighted by atomic mass is 10.2. The molecule has 3 heterocycles. The monoisotopic (exact) mass is 473 g/mol. The molecule has 4 rings (SSSR count). The molecule has 0 saturated carbocycles. The van der Waals surface area contributed by atoms with E-state index in [-0.39, 0.29) is 36.9 Å². The van der Waals surface area contributed by atoms with Gasteiger partial charge in [0.05, 0.1) is 13.3 Å². The van der Waals surface area contributed by atoms with E-state index >= 15 is 0 Å². The zero-order chi connectivity index (χ0) is 19.3. The van der Waals surface area contributed by atoms with E-state index < -0.39 is 6.10 Å². The van der Waals surface area contributed by atoms with Gasteiger partial charge in [-0.15, -0.1) is 24.8 Å². The second-order valence-corrected chi connectivity index (χ2v) is 6.86. The summed E-state index contributed by atoms with van der Waals surface area (Å²) in [6, 6.07) is 7.86. The molecule has 1 fully saturated rings. The third kappa shape index (κ3) is 6.34. The number of piperazine rings is 1. The molecule has 0 amide bonds. The SMILES string of the molecule is COc1cncnc1N1CCN(C[C@H](O)COc2cccc3[nH]ccc23)CC1.Cl.Cl.O. The number of aliphatic hydroxyl groups excluding tert-OH is 1. The van der Waals surface area contributed by atoms with Crippen molar-refractivity contribution >= 4 is 41.5 Å². The van der Waals surface area contributed by atoms with Gasteiger partial charge in [0.1, 0.15) is 24.8 Å². The normalized spacial score (nSPS) is 14.7. The van der Waals surface area contributed by atoms with E-state index in [1.54, 1.807) is 13.3 Å². The number of aromatic amines is 1. The third-order valence-corrected chi connectivity index (χ3v) is 5.01. The molecule has 0 bridgehead atoms. The van der Waals surface area contributed by atoms with E-state index in [4.69, 9.17) is 9.47 Å². The molecular weight excluding hydrogens is 445 g/mol. The van der Waals surface area contributed by atoms with Crippen molar-refractivity contribution in [1.29, 1.82) is 0 Å². The molecule has 2 aromatic heterocycles. The highest BCUT2D eigenvalue weighted by molar-refractivity contribution is 5.86. The van der Waals surface area contributed by atoms with Crippen molar-refractivity contribution in [2.75, 3.05) is 51.3 Å². The van der Waals surface area contributed by atoms with Crippen molar-refractivity contribution in [2.45, 2.75) is 6.10 Å². The van der Waals surface area contributed by atoms with Gasteiger partial charge in [-0.3, -0.25) is 4.90 Å². The van der Waals surface area contributed by atoms with Gasteiger partial charge in [0.2, 0.25) is 0 Å². The van der Waals surface area contributed by atoms with Crippen LogP contribution in [0.1, 0.15) is 0 Å². The fourth-order valence-electron chi connectivity index (χ4n) is 3.55. The van der Waals surface area contributed by atoms with Gasteiger partial charge in [0.25, 0.3) is 0 Å². The first-order valence-corrected chi connectivity index (χ1v) is 9.43. The Hall–Kier alpha value is -2.30. The van der Waals surface area contributed by atoms with Crippen LogP contribution in [0.3, 0.4) is 0 Å². The maximum absolute atomic E-state index is 10.4. The number of nitrogens with one attached hydrogen (secondary N) is 1. The summed E-state index contributed by atoms with van der Waals surface area (Å²) in [5.41, 5.74) is 1.03. The fourth-order valence-corrected chi connectivity index (χ4v) is 3.55. The number of fused-ring (bicyclic) bond motifs is 1. The average Bonchev–Trinajstić information content (AvgIpc) is 3.22. The minimum atomic E-state index is -0.547. The number of β-amino-alcohol motifs (C(OH)–C–C–N with tert-alkyl or cyclic N) is 1. The van der Waals surface area contributed by atoms with Crippen molar-refractivity contribution in [3.05, 3.63) is 43.0 Å². The number of aromatic nitrogens is 3. The molecule has 1 aliphatic heterocycles. The number of benzene rings is 1. The Morgan fingerprint density at radius 3 is 2.65 bits per heavy atom. The first-order chi connectivity index (χ1) is 13.7. The van der Waals surface area contributed by atoms with Gasteiger partial charge in [-0.2, -0.15) is 0 Å². The Morgan fingerprint density at radius 2 is 1.90 bits per heavy atom. The lowest BCUT2D eigenvalue weighted by Crippen LogP contribution is -2.49. The molecule has 1 aromatic carbocycles. The van der Waals surface area contributed by atoms with Crippen molar-refractivity contribution in [2.24, 2.45) is 0 Å². The van der Waals surface area contributed by atoms with Crippen LogP contribution in [0.2, 0.25) is 0 Å². The maximum Gasteiger partial charge on any atom is 0.179 e. The molecule has 0 radical (unpaired) electrons. The number of anilines is 1. The largest absolute Gasteiger partial charge is 0.491 e. The topological polar surface area (TPSA) is 118 Å². The molecule has 0 aliphatic carbocycles. The highest BCUT2D eigenvalue weighted by Gasteiger charge is 2.22. The minimum absolute atomic E-state index is 0. The summed E-state index contributed by atoms with van der Waals surface area (Å²) in [4.78, 5) is 15.9. The van der Waals surface area contributed by atoms with Gasteiger partial charge < -0.3 is 29.9 Å². The number of nitrogens with zero attached hydrogens (tertiary/aromatic N) is 4. The van der Waals surface area contributed by atoms with E-state index in [9.17, 15) is 5.11 Å². The predicted molar refractivity (Wildman–Crippen MR) is 125 cm³/mol. The Balaban J connectivity index is 0.00000160. The molecule has 31 heavy (non-hydrogen) atoms. The summed E-state index contributed by atoms with van der Waals surface area (Å²) in [5.74, 6) is 2.29. The summed E-state index contributed by atoms with van der Waals surface area (Å²) >= 11 is 0. The number of hydrogen-bond acceptors (Lipinski definition) is 7. The molecular formula is C20H29Cl2N5O4. The quantitative estimate of drug-likeness (QED) is 0.534. The van der Waals surface area contributed by atoms with Crippen LogP contribution in [0.15, 0.2) is 43.0 Å². The third-order valence-electron chi connectivity index (χ3n) is 5.01. The molecule has 11 heteroatoms. The van der Waals surface area contributed by atoms with Crippen LogP contribution in [-0.2, 0) is 0 Å². The molecule has 1 aliphatic rings. The number of aliphatic hydroxyl groups is 1. The molecule has 172 valence electrons. The van der Waals surface area contributed by atoms with Crippen LogP contribution in [0.25, 0.3) is 10.9 Å². The molecule has 3 aromatic rings. The van der Waals surface area contributed by atoms with Crippen LogP contribution in [0.4, 0.5) is 5.82 Å². The zero-order valence-electron chi connectivity index (χ0n) is 17.2. The Kier molecular flexibility index (Phi) is 10.8. The second kappa shape index (κ2) is 12.5. The number of rotatable bonds is 7. The summed E-state index contributed by atoms with van der Waals surface area (Å²) in [6.07, 6.45) is 4.56. The highest BCUT2D eigenvalue weighted by Crippen LogP contribution is 2.26. The van der Waals surface area contributed by atoms with Gasteiger partial charge in [-0.1, -0.05) is 6.07 Å². The van der Waals surface area contributed by atoms with Gasteiger partial charge in [0.15, 0.2) is 11.6 Å². The van der Waals surface area contributed by atoms with Gasteiger partial charge in [0, 0.05) is 49.8 Å². The number of H-pyrrole nitrogens is 1. The lowest BCUT2D eigenvalue weighted by Gasteiger charge is -2.36. The van der Waals surface area contributed by atoms with Crippen molar-refractivity contribution in [3.63, 3.8) is 0 Å². The standard InChI is InChI=1S/C20H25N5O3.2ClH.H2O/c1-27-19-11-21-14-23-20(19)25-9-7-24(8-10-25)12-15(26)13-28-18-4-2-3-17-16(18)5-6-22-17;;;/h2-6,11,14-15,22,26H,7-10,12-13H2,1H3;2*1H;1H2/t15-;;;/m0.../s1. The van der Waals surface area contributed by atoms with E-state index in [1.165, 1.54) is 6.33 Å². The zero-order valence-corrected chi connectivity index (χ0v) is 18.9. The first kappa shape index (κ1) is 26.7. The molecule has 9 nitrogen and oxygen atoms in total. The Morgan fingerprint density at radius 1 is 1.13 bits per heavy atom. The van der Waals surface area contributed by atoms with E-state index in [2.05, 4.69) is 24.8 Å². The molecule has 4 N–H and O–H groups in total. The van der Waals surface area contributed by atoms with E-state index in [0.717, 1.165) is 48.6 Å². The number of methoxy groups -OCH3 is 1. The van der Waals surface area contributed by atoms with Gasteiger partial charge in [-0.25, -0.2) is 9.97 Å². The maximum atomic E-state index is 10.4. The summed E-state index contributed by atoms with van der Waals surface area (Å²) in [6.45, 7) is 4.19. The van der Waals surface area contributed by atoms with Crippen LogP contribution in [0, 0.1) is 0 Å². The Bertz CT molecular complexity index is 921. The van der Waals surface area contributed by atoms with Crippen LogP contribution >= 0.6 is 24.8 Å². The van der Waals surface area contributed by atoms with Crippen LogP contribution in [-0.4, -0.2) is 83.0 Å². The van der Waals surface area contributed by atoms with E-state index in [1.807, 2.05) is 30.5 Å². The van der Waals surface area contributed by atoms with Crippen molar-refractivity contribution in [3.8, 4) is 11.5 Å².